The summed E-state index contributed by atoms with van der Waals surface area (Å²) in [5, 5.41) is 14.2. The number of hydrogen-bond acceptors (Lipinski definition) is 4. The van der Waals surface area contributed by atoms with E-state index in [1.807, 2.05) is 18.2 Å². The number of hydrogen-bond donors (Lipinski definition) is 2. The van der Waals surface area contributed by atoms with Crippen LogP contribution in [0.3, 0.4) is 0 Å². The van der Waals surface area contributed by atoms with Gasteiger partial charge in [-0.15, -0.1) is 0 Å². The average molecular weight is 281 g/mol. The molecule has 2 N–H and O–H groups in total. The molecule has 4 heteroatoms. The molecule has 2 aromatic rings. The zero-order valence-electron chi connectivity index (χ0n) is 11.4. The molecule has 0 saturated heterocycles. The third-order valence-corrected chi connectivity index (χ3v) is 4.72. The number of ether oxygens (including phenoxy) is 2. The van der Waals surface area contributed by atoms with E-state index in [4.69, 9.17) is 9.47 Å². The van der Waals surface area contributed by atoms with Crippen molar-refractivity contribution in [1.29, 1.82) is 0 Å². The normalized spacial score (nSPS) is 24.4. The van der Waals surface area contributed by atoms with Crippen molar-refractivity contribution in [3.63, 3.8) is 0 Å². The van der Waals surface area contributed by atoms with Crippen LogP contribution in [0.1, 0.15) is 28.8 Å². The van der Waals surface area contributed by atoms with Crippen molar-refractivity contribution in [3.05, 3.63) is 47.0 Å². The number of nitrogens with one attached hydrogen (secondary N) is 1. The molecule has 0 spiro atoms. The van der Waals surface area contributed by atoms with Gasteiger partial charge in [0.1, 0.15) is 0 Å². The molecule has 0 unspecified atom stereocenters. The lowest BCUT2D eigenvalue weighted by Gasteiger charge is -2.38. The lowest BCUT2D eigenvalue weighted by molar-refractivity contribution is 0.123. The van der Waals surface area contributed by atoms with Crippen molar-refractivity contribution in [3.8, 4) is 22.6 Å². The summed E-state index contributed by atoms with van der Waals surface area (Å²) in [6.45, 7) is 1.14. The Balaban J connectivity index is 1.91. The predicted octanol–water partition coefficient (Wildman–Crippen LogP) is 2.32. The van der Waals surface area contributed by atoms with Gasteiger partial charge in [-0.3, -0.25) is 0 Å². The van der Waals surface area contributed by atoms with Gasteiger partial charge in [0.2, 0.25) is 6.79 Å². The van der Waals surface area contributed by atoms with Gasteiger partial charge in [-0.25, -0.2) is 0 Å². The second-order valence-corrected chi connectivity index (χ2v) is 5.77. The van der Waals surface area contributed by atoms with Crippen LogP contribution in [0.15, 0.2) is 30.3 Å². The third kappa shape index (κ3) is 1.41. The van der Waals surface area contributed by atoms with Gasteiger partial charge in [0.15, 0.2) is 11.5 Å². The van der Waals surface area contributed by atoms with Gasteiger partial charge >= 0.3 is 0 Å². The maximum absolute atomic E-state index is 10.7. The molecule has 2 aromatic carbocycles. The standard InChI is InChI=1S/C17H15NO3/c19-16-11-4-2-1-3-10(11)14-13-9(5-6-18-15(13)16)7-12-17(14)21-8-20-12/h1-4,7,15-16,18-19H,5-6,8H2/t15-,16-/m1/s1. The Bertz CT molecular complexity index is 756. The molecule has 0 radical (unpaired) electrons. The summed E-state index contributed by atoms with van der Waals surface area (Å²) in [7, 11) is 0. The van der Waals surface area contributed by atoms with Crippen molar-refractivity contribution < 1.29 is 14.6 Å². The Kier molecular flexibility index (Phi) is 2.21. The zero-order valence-corrected chi connectivity index (χ0v) is 11.4. The van der Waals surface area contributed by atoms with Gasteiger partial charge in [0.25, 0.3) is 0 Å². The molecular weight excluding hydrogens is 266 g/mol. The van der Waals surface area contributed by atoms with Gasteiger partial charge in [-0.05, 0) is 41.3 Å². The van der Waals surface area contributed by atoms with E-state index in [9.17, 15) is 5.11 Å². The number of rotatable bonds is 0. The first-order valence-electron chi connectivity index (χ1n) is 7.30. The van der Waals surface area contributed by atoms with Crippen LogP contribution < -0.4 is 14.8 Å². The van der Waals surface area contributed by atoms with Crippen LogP contribution in [0.25, 0.3) is 11.1 Å². The molecule has 1 aliphatic carbocycles. The Morgan fingerprint density at radius 1 is 1.19 bits per heavy atom. The summed E-state index contributed by atoms with van der Waals surface area (Å²) in [5.41, 5.74) is 5.55. The molecule has 0 fully saturated rings. The fraction of sp³-hybridized carbons (Fsp3) is 0.294. The minimum Gasteiger partial charge on any atom is -0.454 e. The Labute approximate surface area is 122 Å². The van der Waals surface area contributed by atoms with E-state index in [0.717, 1.165) is 41.2 Å². The Morgan fingerprint density at radius 3 is 3.05 bits per heavy atom. The minimum absolute atomic E-state index is 0.0619. The molecule has 2 aliphatic heterocycles. The smallest absolute Gasteiger partial charge is 0.231 e. The molecule has 3 aliphatic rings. The topological polar surface area (TPSA) is 50.7 Å². The first-order chi connectivity index (χ1) is 10.3. The van der Waals surface area contributed by atoms with E-state index >= 15 is 0 Å². The highest BCUT2D eigenvalue weighted by Gasteiger charge is 2.39. The van der Waals surface area contributed by atoms with Crippen molar-refractivity contribution in [2.24, 2.45) is 0 Å². The maximum Gasteiger partial charge on any atom is 0.231 e. The van der Waals surface area contributed by atoms with Gasteiger partial charge in [-0.1, -0.05) is 24.3 Å². The van der Waals surface area contributed by atoms with Crippen molar-refractivity contribution in [2.75, 3.05) is 13.3 Å². The van der Waals surface area contributed by atoms with Crippen LogP contribution in [0, 0.1) is 0 Å². The molecule has 0 aromatic heterocycles. The number of aliphatic hydroxyl groups is 1. The van der Waals surface area contributed by atoms with Crippen molar-refractivity contribution in [2.45, 2.75) is 18.6 Å². The number of aliphatic hydroxyl groups excluding tert-OH is 1. The highest BCUT2D eigenvalue weighted by atomic mass is 16.7. The monoisotopic (exact) mass is 281 g/mol. The second-order valence-electron chi connectivity index (χ2n) is 5.77. The quantitative estimate of drug-likeness (QED) is 0.778. The average Bonchev–Trinajstić information content (AvgIpc) is 2.99. The van der Waals surface area contributed by atoms with Crippen LogP contribution >= 0.6 is 0 Å². The summed E-state index contributed by atoms with van der Waals surface area (Å²) < 4.78 is 11.3. The van der Waals surface area contributed by atoms with Crippen LogP contribution in [0.2, 0.25) is 0 Å². The lowest BCUT2D eigenvalue weighted by atomic mass is 9.76. The van der Waals surface area contributed by atoms with Gasteiger partial charge in [0.05, 0.1) is 12.1 Å². The van der Waals surface area contributed by atoms with Crippen LogP contribution in [0.4, 0.5) is 0 Å². The van der Waals surface area contributed by atoms with E-state index in [2.05, 4.69) is 17.4 Å². The van der Waals surface area contributed by atoms with Gasteiger partial charge in [0, 0.05) is 5.56 Å². The van der Waals surface area contributed by atoms with Crippen LogP contribution in [-0.4, -0.2) is 18.4 Å². The first-order valence-corrected chi connectivity index (χ1v) is 7.30. The second kappa shape index (κ2) is 4.00. The van der Waals surface area contributed by atoms with Gasteiger partial charge in [-0.2, -0.15) is 0 Å². The van der Waals surface area contributed by atoms with E-state index in [1.165, 1.54) is 11.1 Å². The zero-order chi connectivity index (χ0) is 14.0. The predicted molar refractivity (Wildman–Crippen MR) is 77.4 cm³/mol. The van der Waals surface area contributed by atoms with Crippen molar-refractivity contribution in [1.82, 2.24) is 5.32 Å². The van der Waals surface area contributed by atoms with E-state index in [-0.39, 0.29) is 12.8 Å². The molecule has 2 atom stereocenters. The molecule has 106 valence electrons. The summed E-state index contributed by atoms with van der Waals surface area (Å²) >= 11 is 0. The van der Waals surface area contributed by atoms with Gasteiger partial charge < -0.3 is 19.9 Å². The summed E-state index contributed by atoms with van der Waals surface area (Å²) in [4.78, 5) is 0. The number of fused-ring (bicyclic) bond motifs is 4. The highest BCUT2D eigenvalue weighted by Crippen LogP contribution is 2.54. The molecule has 0 saturated carbocycles. The molecule has 2 heterocycles. The molecule has 0 amide bonds. The summed E-state index contributed by atoms with van der Waals surface area (Å²) in [6, 6.07) is 10.0. The number of benzene rings is 2. The molecular formula is C17H15NO3. The molecule has 21 heavy (non-hydrogen) atoms. The Morgan fingerprint density at radius 2 is 2.10 bits per heavy atom. The third-order valence-electron chi connectivity index (χ3n) is 4.72. The largest absolute Gasteiger partial charge is 0.454 e. The fourth-order valence-corrected chi connectivity index (χ4v) is 3.84. The molecule has 4 nitrogen and oxygen atoms in total. The SMILES string of the molecule is O[C@@H]1c2ccccc2-c2c3c(cc4c2[C@H]1NCC4)OCO3. The highest BCUT2D eigenvalue weighted by molar-refractivity contribution is 5.84. The molecule has 5 rings (SSSR count). The minimum atomic E-state index is -0.520. The lowest BCUT2D eigenvalue weighted by Crippen LogP contribution is -2.36. The molecule has 0 bridgehead atoms. The first kappa shape index (κ1) is 11.6. The van der Waals surface area contributed by atoms with E-state index in [0.29, 0.717) is 0 Å². The van der Waals surface area contributed by atoms with Crippen LogP contribution in [0.5, 0.6) is 11.5 Å². The van der Waals surface area contributed by atoms with Crippen molar-refractivity contribution >= 4 is 0 Å². The van der Waals surface area contributed by atoms with E-state index < -0.39 is 6.10 Å². The maximum atomic E-state index is 10.7. The Hall–Kier alpha value is -2.04. The fourth-order valence-electron chi connectivity index (χ4n) is 3.84. The van der Waals surface area contributed by atoms with E-state index in [1.54, 1.807) is 0 Å². The van der Waals surface area contributed by atoms with Crippen LogP contribution in [-0.2, 0) is 6.42 Å². The summed E-state index contributed by atoms with van der Waals surface area (Å²) in [6.07, 6.45) is 0.429. The summed E-state index contributed by atoms with van der Waals surface area (Å²) in [5.74, 6) is 1.65.